The molecule has 1 aliphatic rings. The Labute approximate surface area is 226 Å². The maximum absolute atomic E-state index is 13.3. The molecule has 4 aromatic rings. The molecular weight excluding hydrogens is 500 g/mol. The summed E-state index contributed by atoms with van der Waals surface area (Å²) in [7, 11) is 1.82. The molecule has 204 valence electrons. The average molecular weight is 533 g/mol. The Morgan fingerprint density at radius 1 is 1.10 bits per heavy atom. The fourth-order valence-electron chi connectivity index (χ4n) is 4.77. The minimum absolute atomic E-state index is 0.0717. The van der Waals surface area contributed by atoms with Crippen LogP contribution in [0.4, 0.5) is 4.79 Å². The van der Waals surface area contributed by atoms with Crippen molar-refractivity contribution in [2.75, 3.05) is 6.54 Å². The third-order valence-electron chi connectivity index (χ3n) is 6.61. The maximum atomic E-state index is 13.3. The lowest BCUT2D eigenvalue weighted by Gasteiger charge is -2.38. The van der Waals surface area contributed by atoms with Gasteiger partial charge in [0.05, 0.1) is 18.1 Å². The normalized spacial score (nSPS) is 17.8. The molecular formula is C28H32N6O5. The number of aromatic hydroxyl groups is 1. The molecule has 0 spiro atoms. The van der Waals surface area contributed by atoms with Crippen LogP contribution in [0.15, 0.2) is 55.0 Å². The minimum atomic E-state index is -0.790. The predicted molar refractivity (Wildman–Crippen MR) is 142 cm³/mol. The van der Waals surface area contributed by atoms with E-state index in [4.69, 9.17) is 14.5 Å². The number of likely N-dealkylation sites (tertiary alicyclic amines) is 1. The molecule has 1 fully saturated rings. The first kappa shape index (κ1) is 26.2. The second-order valence-corrected chi connectivity index (χ2v) is 10.8. The molecule has 4 heterocycles. The van der Waals surface area contributed by atoms with Crippen molar-refractivity contribution in [3.8, 4) is 17.0 Å². The Bertz CT molecular complexity index is 1490. The van der Waals surface area contributed by atoms with Crippen molar-refractivity contribution >= 4 is 17.7 Å². The summed E-state index contributed by atoms with van der Waals surface area (Å²) in [5, 5.41) is 19.3. The summed E-state index contributed by atoms with van der Waals surface area (Å²) >= 11 is 0. The highest BCUT2D eigenvalue weighted by Crippen LogP contribution is 2.34. The van der Waals surface area contributed by atoms with Gasteiger partial charge < -0.3 is 14.6 Å². The number of aryl methyl sites for hydroxylation is 1. The summed E-state index contributed by atoms with van der Waals surface area (Å²) in [6.45, 7) is 5.64. The highest BCUT2D eigenvalue weighted by molar-refractivity contribution is 5.82. The lowest BCUT2D eigenvalue weighted by molar-refractivity contribution is -0.162. The van der Waals surface area contributed by atoms with Crippen molar-refractivity contribution < 1.29 is 24.2 Å². The summed E-state index contributed by atoms with van der Waals surface area (Å²) in [5.41, 5.74) is 2.75. The van der Waals surface area contributed by atoms with E-state index in [0.29, 0.717) is 24.2 Å². The number of aromatic nitrogens is 5. The summed E-state index contributed by atoms with van der Waals surface area (Å²) in [5.74, 6) is -0.795. The number of hydrogen-bond donors (Lipinski definition) is 1. The molecule has 1 aliphatic heterocycles. The lowest BCUT2D eigenvalue weighted by Crippen LogP contribution is -2.52. The SMILES string of the molecule is Cn1cc(-c2cnn3c(O)cc([C@H]4CC[C@@H](C(=O)OC(C)(C)C)N(C(=O)OCc5ccccc5)C4)nc23)cn1. The van der Waals surface area contributed by atoms with Gasteiger partial charge in [0.25, 0.3) is 0 Å². The fraction of sp³-hybridized carbons (Fsp3) is 0.393. The van der Waals surface area contributed by atoms with Gasteiger partial charge in [-0.15, -0.1) is 0 Å². The van der Waals surface area contributed by atoms with Crippen molar-refractivity contribution in [1.29, 1.82) is 0 Å². The van der Waals surface area contributed by atoms with Crippen LogP contribution < -0.4 is 0 Å². The molecule has 1 aromatic carbocycles. The number of hydrogen-bond acceptors (Lipinski definition) is 8. The number of piperidine rings is 1. The summed E-state index contributed by atoms with van der Waals surface area (Å²) in [4.78, 5) is 32.7. The number of esters is 1. The zero-order chi connectivity index (χ0) is 27.7. The van der Waals surface area contributed by atoms with Gasteiger partial charge in [-0.25, -0.2) is 14.6 Å². The van der Waals surface area contributed by atoms with Crippen LogP contribution in [0.1, 0.15) is 50.8 Å². The van der Waals surface area contributed by atoms with Crippen LogP contribution in [0.5, 0.6) is 5.88 Å². The van der Waals surface area contributed by atoms with E-state index >= 15 is 0 Å². The van der Waals surface area contributed by atoms with Crippen LogP contribution in [0.25, 0.3) is 16.8 Å². The van der Waals surface area contributed by atoms with Crippen LogP contribution in [0.3, 0.4) is 0 Å². The Morgan fingerprint density at radius 2 is 1.87 bits per heavy atom. The first-order valence-electron chi connectivity index (χ1n) is 12.9. The lowest BCUT2D eigenvalue weighted by atomic mass is 9.90. The first-order valence-corrected chi connectivity index (χ1v) is 12.9. The zero-order valence-electron chi connectivity index (χ0n) is 22.4. The molecule has 0 aliphatic carbocycles. The molecule has 1 amide bonds. The number of rotatable bonds is 5. The average Bonchev–Trinajstić information content (AvgIpc) is 3.52. The van der Waals surface area contributed by atoms with Crippen molar-refractivity contribution in [2.24, 2.45) is 7.05 Å². The molecule has 39 heavy (non-hydrogen) atoms. The van der Waals surface area contributed by atoms with E-state index in [-0.39, 0.29) is 24.9 Å². The van der Waals surface area contributed by atoms with E-state index < -0.39 is 23.7 Å². The number of benzene rings is 1. The van der Waals surface area contributed by atoms with E-state index in [9.17, 15) is 14.7 Å². The van der Waals surface area contributed by atoms with Gasteiger partial charge in [0.2, 0.25) is 5.88 Å². The van der Waals surface area contributed by atoms with Gasteiger partial charge in [-0.1, -0.05) is 30.3 Å². The molecule has 2 atom stereocenters. The smallest absolute Gasteiger partial charge is 0.410 e. The summed E-state index contributed by atoms with van der Waals surface area (Å²) in [6.07, 6.45) is 5.51. The van der Waals surface area contributed by atoms with E-state index in [0.717, 1.165) is 16.7 Å². The van der Waals surface area contributed by atoms with Crippen molar-refractivity contribution in [1.82, 2.24) is 29.3 Å². The maximum Gasteiger partial charge on any atom is 0.410 e. The number of carbonyl (C=O) groups excluding carboxylic acids is 2. The van der Waals surface area contributed by atoms with E-state index in [1.807, 2.05) is 43.6 Å². The van der Waals surface area contributed by atoms with Crippen LogP contribution in [-0.4, -0.2) is 64.6 Å². The van der Waals surface area contributed by atoms with Gasteiger partial charge in [-0.05, 0) is 39.2 Å². The summed E-state index contributed by atoms with van der Waals surface area (Å²) in [6, 6.07) is 10.1. The van der Waals surface area contributed by atoms with Gasteiger partial charge in [0.15, 0.2) is 5.65 Å². The van der Waals surface area contributed by atoms with Gasteiger partial charge in [-0.2, -0.15) is 14.7 Å². The van der Waals surface area contributed by atoms with Crippen molar-refractivity contribution in [3.05, 3.63) is 66.2 Å². The Hall–Kier alpha value is -4.41. The highest BCUT2D eigenvalue weighted by atomic mass is 16.6. The quantitative estimate of drug-likeness (QED) is 0.382. The van der Waals surface area contributed by atoms with Gasteiger partial charge in [0.1, 0.15) is 18.2 Å². The van der Waals surface area contributed by atoms with E-state index in [2.05, 4.69) is 10.2 Å². The third kappa shape index (κ3) is 5.71. The number of amides is 1. The third-order valence-corrected chi connectivity index (χ3v) is 6.61. The van der Waals surface area contributed by atoms with Crippen LogP contribution >= 0.6 is 0 Å². The molecule has 0 unspecified atom stereocenters. The number of fused-ring (bicyclic) bond motifs is 1. The Balaban J connectivity index is 1.43. The van der Waals surface area contributed by atoms with Gasteiger partial charge in [0, 0.05) is 42.9 Å². The van der Waals surface area contributed by atoms with Crippen molar-refractivity contribution in [3.63, 3.8) is 0 Å². The molecule has 0 bridgehead atoms. The number of carbonyl (C=O) groups is 2. The standard InChI is InChI=1S/C28H32N6O5/c1-28(2,3)39-26(36)23-11-10-19(16-33(23)27(37)38-17-18-8-6-5-7-9-18)22-12-24(35)34-25(31-22)21(14-30-34)20-13-29-32(4)15-20/h5-9,12-15,19,23,35H,10-11,16-17H2,1-4H3/t19-,23-/m0/s1. The molecule has 1 N–H and O–H groups in total. The monoisotopic (exact) mass is 532 g/mol. The molecule has 11 heteroatoms. The number of ether oxygens (including phenoxy) is 2. The molecule has 0 saturated carbocycles. The van der Waals surface area contributed by atoms with E-state index in [1.54, 1.807) is 43.9 Å². The second-order valence-electron chi connectivity index (χ2n) is 10.8. The van der Waals surface area contributed by atoms with Crippen LogP contribution in [-0.2, 0) is 27.9 Å². The van der Waals surface area contributed by atoms with E-state index in [1.165, 1.54) is 9.42 Å². The fourth-order valence-corrected chi connectivity index (χ4v) is 4.77. The Morgan fingerprint density at radius 3 is 2.56 bits per heavy atom. The van der Waals surface area contributed by atoms with Gasteiger partial charge in [-0.3, -0.25) is 9.58 Å². The predicted octanol–water partition coefficient (Wildman–Crippen LogP) is 4.06. The highest BCUT2D eigenvalue weighted by Gasteiger charge is 2.40. The van der Waals surface area contributed by atoms with Gasteiger partial charge >= 0.3 is 12.1 Å². The molecule has 5 rings (SSSR count). The molecule has 1 saturated heterocycles. The Kier molecular flexibility index (Phi) is 6.98. The number of nitrogens with zero attached hydrogens (tertiary/aromatic N) is 6. The minimum Gasteiger partial charge on any atom is -0.493 e. The topological polar surface area (TPSA) is 124 Å². The van der Waals surface area contributed by atoms with Crippen molar-refractivity contribution in [2.45, 2.75) is 57.8 Å². The first-order chi connectivity index (χ1) is 18.6. The molecule has 11 nitrogen and oxygen atoms in total. The van der Waals surface area contributed by atoms with Crippen LogP contribution in [0, 0.1) is 0 Å². The largest absolute Gasteiger partial charge is 0.493 e. The van der Waals surface area contributed by atoms with Crippen LogP contribution in [0.2, 0.25) is 0 Å². The molecule has 0 radical (unpaired) electrons. The zero-order valence-corrected chi connectivity index (χ0v) is 22.4. The molecule has 3 aromatic heterocycles. The summed E-state index contributed by atoms with van der Waals surface area (Å²) < 4.78 is 14.3. The second kappa shape index (κ2) is 10.4.